The summed E-state index contributed by atoms with van der Waals surface area (Å²) in [5, 5.41) is 17.2. The Morgan fingerprint density at radius 2 is 2.04 bits per heavy atom. The normalized spacial score (nSPS) is 15.7. The summed E-state index contributed by atoms with van der Waals surface area (Å²) in [6.07, 6.45) is 3.15. The van der Waals surface area contributed by atoms with Crippen LogP contribution in [0.4, 0.5) is 11.4 Å². The fourth-order valence-corrected chi connectivity index (χ4v) is 4.65. The topological polar surface area (TPSA) is 105 Å². The van der Waals surface area contributed by atoms with Gasteiger partial charge in [-0.1, -0.05) is 6.07 Å². The Hall–Kier alpha value is -2.30. The summed E-state index contributed by atoms with van der Waals surface area (Å²) in [7, 11) is -3.70. The minimum atomic E-state index is -3.70. The first-order chi connectivity index (χ1) is 12.0. The molecule has 3 rings (SSSR count). The van der Waals surface area contributed by atoms with Gasteiger partial charge in [0.1, 0.15) is 5.69 Å². The van der Waals surface area contributed by atoms with Crippen LogP contribution < -0.4 is 5.43 Å². The van der Waals surface area contributed by atoms with E-state index in [-0.39, 0.29) is 16.3 Å². The number of anilines is 1. The third-order valence-corrected chi connectivity index (χ3v) is 6.49. The number of nitrogens with one attached hydrogen (secondary N) is 1. The van der Waals surface area contributed by atoms with Crippen molar-refractivity contribution in [2.75, 3.05) is 18.5 Å². The van der Waals surface area contributed by atoms with Crippen molar-refractivity contribution in [1.29, 1.82) is 0 Å². The molecule has 0 radical (unpaired) electrons. The number of hydrogen-bond acceptors (Lipinski definition) is 7. The second-order valence-corrected chi connectivity index (χ2v) is 8.35. The summed E-state index contributed by atoms with van der Waals surface area (Å²) in [6.45, 7) is 0.891. The number of rotatable bonds is 6. The van der Waals surface area contributed by atoms with Gasteiger partial charge in [0, 0.05) is 24.0 Å². The van der Waals surface area contributed by atoms with Crippen LogP contribution in [0.25, 0.3) is 0 Å². The van der Waals surface area contributed by atoms with Gasteiger partial charge in [-0.25, -0.2) is 8.42 Å². The Balaban J connectivity index is 1.86. The molecule has 1 aromatic heterocycles. The van der Waals surface area contributed by atoms with E-state index >= 15 is 0 Å². The van der Waals surface area contributed by atoms with Crippen LogP contribution >= 0.6 is 11.3 Å². The SMILES string of the molecule is O=[N+]([O-])c1cc(S(=O)(=O)N2CCCC2)ccc1N/N=C/c1cccs1. The molecule has 0 spiro atoms. The number of nitrogens with zero attached hydrogens (tertiary/aromatic N) is 3. The zero-order chi connectivity index (χ0) is 17.9. The first-order valence-electron chi connectivity index (χ1n) is 7.59. The van der Waals surface area contributed by atoms with Crippen LogP contribution in [0.5, 0.6) is 0 Å². The summed E-state index contributed by atoms with van der Waals surface area (Å²) >= 11 is 1.48. The molecule has 1 aromatic carbocycles. The third-order valence-electron chi connectivity index (χ3n) is 3.79. The summed E-state index contributed by atoms with van der Waals surface area (Å²) in [5.74, 6) is 0. The number of nitro groups is 1. The maximum Gasteiger partial charge on any atom is 0.295 e. The van der Waals surface area contributed by atoms with Crippen LogP contribution in [0.15, 0.2) is 45.7 Å². The number of nitro benzene ring substituents is 1. The van der Waals surface area contributed by atoms with Crippen LogP contribution in [-0.4, -0.2) is 37.0 Å². The Labute approximate surface area is 149 Å². The molecule has 1 saturated heterocycles. The maximum atomic E-state index is 12.5. The molecule has 132 valence electrons. The van der Waals surface area contributed by atoms with Crippen LogP contribution in [-0.2, 0) is 10.0 Å². The van der Waals surface area contributed by atoms with E-state index in [0.29, 0.717) is 13.1 Å². The van der Waals surface area contributed by atoms with Gasteiger partial charge < -0.3 is 0 Å². The molecule has 0 saturated carbocycles. The van der Waals surface area contributed by atoms with Crippen molar-refractivity contribution in [3.8, 4) is 0 Å². The molecule has 1 fully saturated rings. The van der Waals surface area contributed by atoms with Crippen LogP contribution in [0.3, 0.4) is 0 Å². The monoisotopic (exact) mass is 380 g/mol. The van der Waals surface area contributed by atoms with Gasteiger partial charge in [0.15, 0.2) is 0 Å². The number of hydrogen-bond donors (Lipinski definition) is 1. The lowest BCUT2D eigenvalue weighted by Gasteiger charge is -2.15. The molecule has 25 heavy (non-hydrogen) atoms. The largest absolute Gasteiger partial charge is 0.295 e. The second kappa shape index (κ2) is 7.30. The van der Waals surface area contributed by atoms with Crippen LogP contribution in [0.1, 0.15) is 17.7 Å². The molecule has 1 aliphatic heterocycles. The second-order valence-electron chi connectivity index (χ2n) is 5.43. The minimum absolute atomic E-state index is 0.0751. The predicted molar refractivity (Wildman–Crippen MR) is 96.6 cm³/mol. The molecular formula is C15H16N4O4S2. The smallest absolute Gasteiger partial charge is 0.272 e. The summed E-state index contributed by atoms with van der Waals surface area (Å²) in [6, 6.07) is 7.54. The van der Waals surface area contributed by atoms with E-state index in [1.807, 2.05) is 17.5 Å². The first kappa shape index (κ1) is 17.5. The van der Waals surface area contributed by atoms with Crippen molar-refractivity contribution in [2.24, 2.45) is 5.10 Å². The van der Waals surface area contributed by atoms with Gasteiger partial charge in [0.25, 0.3) is 5.69 Å². The highest BCUT2D eigenvalue weighted by atomic mass is 32.2. The van der Waals surface area contributed by atoms with Crippen LogP contribution in [0, 0.1) is 10.1 Å². The molecule has 8 nitrogen and oxygen atoms in total. The lowest BCUT2D eigenvalue weighted by molar-refractivity contribution is -0.384. The van der Waals surface area contributed by atoms with E-state index in [1.54, 1.807) is 6.21 Å². The molecule has 2 heterocycles. The average molecular weight is 380 g/mol. The highest BCUT2D eigenvalue weighted by molar-refractivity contribution is 7.89. The molecule has 10 heteroatoms. The van der Waals surface area contributed by atoms with Gasteiger partial charge >= 0.3 is 0 Å². The van der Waals surface area contributed by atoms with Gasteiger partial charge in [-0.05, 0) is 36.4 Å². The van der Waals surface area contributed by atoms with Crippen molar-refractivity contribution in [3.63, 3.8) is 0 Å². The van der Waals surface area contributed by atoms with E-state index < -0.39 is 14.9 Å². The first-order valence-corrected chi connectivity index (χ1v) is 9.91. The zero-order valence-corrected chi connectivity index (χ0v) is 14.8. The predicted octanol–water partition coefficient (Wildman–Crippen LogP) is 2.89. The Kier molecular flexibility index (Phi) is 5.11. The highest BCUT2D eigenvalue weighted by Crippen LogP contribution is 2.30. The molecule has 1 aliphatic rings. The maximum absolute atomic E-state index is 12.5. The molecule has 0 aliphatic carbocycles. The van der Waals surface area contributed by atoms with E-state index in [2.05, 4.69) is 10.5 Å². The molecule has 2 aromatic rings. The highest BCUT2D eigenvalue weighted by Gasteiger charge is 2.29. The van der Waals surface area contributed by atoms with E-state index in [9.17, 15) is 18.5 Å². The van der Waals surface area contributed by atoms with Gasteiger partial charge in [0.05, 0.1) is 16.0 Å². The van der Waals surface area contributed by atoms with E-state index in [0.717, 1.165) is 23.8 Å². The van der Waals surface area contributed by atoms with Crippen molar-refractivity contribution in [1.82, 2.24) is 4.31 Å². The van der Waals surface area contributed by atoms with Gasteiger partial charge in [-0.2, -0.15) is 9.41 Å². The zero-order valence-electron chi connectivity index (χ0n) is 13.2. The van der Waals surface area contributed by atoms with Crippen molar-refractivity contribution in [3.05, 3.63) is 50.7 Å². The molecule has 0 atom stereocenters. The van der Waals surface area contributed by atoms with E-state index in [1.165, 1.54) is 27.8 Å². The third kappa shape index (κ3) is 3.86. The molecule has 0 bridgehead atoms. The Morgan fingerprint density at radius 1 is 1.28 bits per heavy atom. The van der Waals surface area contributed by atoms with Crippen molar-refractivity contribution in [2.45, 2.75) is 17.7 Å². The summed E-state index contributed by atoms with van der Waals surface area (Å²) in [5.41, 5.74) is 2.41. The standard InChI is InChI=1S/C15H16N4O4S2/c20-19(21)15-10-13(25(22,23)18-7-1-2-8-18)5-6-14(15)17-16-11-12-4-3-9-24-12/h3-6,9-11,17H,1-2,7-8H2/b16-11+. The van der Waals surface area contributed by atoms with Gasteiger partial charge in [0.2, 0.25) is 10.0 Å². The fraction of sp³-hybridized carbons (Fsp3) is 0.267. The number of thiophene rings is 1. The van der Waals surface area contributed by atoms with Crippen molar-refractivity contribution < 1.29 is 13.3 Å². The summed E-state index contributed by atoms with van der Waals surface area (Å²) in [4.78, 5) is 11.5. The van der Waals surface area contributed by atoms with Crippen LogP contribution in [0.2, 0.25) is 0 Å². The van der Waals surface area contributed by atoms with Gasteiger partial charge in [-0.15, -0.1) is 11.3 Å². The number of benzene rings is 1. The number of sulfonamides is 1. The Bertz CT molecular complexity index is 888. The summed E-state index contributed by atoms with van der Waals surface area (Å²) < 4.78 is 26.4. The fourth-order valence-electron chi connectivity index (χ4n) is 2.53. The molecule has 1 N–H and O–H groups in total. The van der Waals surface area contributed by atoms with Crippen molar-refractivity contribution >= 4 is 38.9 Å². The molecule has 0 amide bonds. The number of hydrazone groups is 1. The lowest BCUT2D eigenvalue weighted by atomic mass is 10.3. The molecule has 0 unspecified atom stereocenters. The Morgan fingerprint density at radius 3 is 2.68 bits per heavy atom. The van der Waals surface area contributed by atoms with E-state index in [4.69, 9.17) is 0 Å². The quantitative estimate of drug-likeness (QED) is 0.471. The lowest BCUT2D eigenvalue weighted by Crippen LogP contribution is -2.27. The van der Waals surface area contributed by atoms with Gasteiger partial charge in [-0.3, -0.25) is 15.5 Å². The molecular weight excluding hydrogens is 364 g/mol. The average Bonchev–Trinajstić information content (AvgIpc) is 3.28. The minimum Gasteiger partial charge on any atom is -0.272 e.